The summed E-state index contributed by atoms with van der Waals surface area (Å²) in [6.45, 7) is 0. The van der Waals surface area contributed by atoms with Crippen LogP contribution in [0.3, 0.4) is 0 Å². The monoisotopic (exact) mass is 322 g/mol. The molecule has 0 atom stereocenters. The Bertz CT molecular complexity index is 492. The van der Waals surface area contributed by atoms with Crippen molar-refractivity contribution >= 4 is 11.9 Å². The predicted molar refractivity (Wildman–Crippen MR) is 65.1 cm³/mol. The topological polar surface area (TPSA) is 110 Å². The molecule has 0 fully saturated rings. The Morgan fingerprint density at radius 3 is 1.19 bits per heavy atom. The third kappa shape index (κ3) is 6.33. The van der Waals surface area contributed by atoms with Crippen LogP contribution in [-0.4, -0.2) is 11.9 Å². The summed E-state index contributed by atoms with van der Waals surface area (Å²) in [7, 11) is 0. The number of carbonyl (C=O) groups is 2. The van der Waals surface area contributed by atoms with Gasteiger partial charge in [0.2, 0.25) is 0 Å². The zero-order chi connectivity index (χ0) is 12.8. The van der Waals surface area contributed by atoms with E-state index in [1.54, 1.807) is 60.7 Å². The molecule has 0 aliphatic carbocycles. The molecule has 0 N–H and O–H groups in total. The Labute approximate surface area is 136 Å². The van der Waals surface area contributed by atoms with Gasteiger partial charge in [0.05, 0.1) is 11.1 Å². The Balaban J connectivity index is 0. The SMILES string of the molecule is O=C(OOC(=O)c1ccccc1)c1ccccc1.[O-2].[O-2].[Ti+4]. The van der Waals surface area contributed by atoms with Crippen molar-refractivity contribution in [3.8, 4) is 0 Å². The minimum atomic E-state index is -0.708. The van der Waals surface area contributed by atoms with Crippen molar-refractivity contribution in [2.75, 3.05) is 0 Å². The molecule has 0 amide bonds. The molecule has 0 aliphatic heterocycles. The van der Waals surface area contributed by atoms with Crippen LogP contribution in [0.1, 0.15) is 20.7 Å². The van der Waals surface area contributed by atoms with E-state index in [0.29, 0.717) is 11.1 Å². The Morgan fingerprint density at radius 1 is 0.619 bits per heavy atom. The second-order valence-corrected chi connectivity index (χ2v) is 3.47. The third-order valence-electron chi connectivity index (χ3n) is 2.21. The van der Waals surface area contributed by atoms with Gasteiger partial charge in [-0.3, -0.25) is 0 Å². The maximum Gasteiger partial charge on any atom is 4.00 e. The molecule has 2 aromatic carbocycles. The molecule has 21 heavy (non-hydrogen) atoms. The van der Waals surface area contributed by atoms with E-state index in [4.69, 9.17) is 0 Å². The third-order valence-corrected chi connectivity index (χ3v) is 2.21. The second kappa shape index (κ2) is 10.8. The van der Waals surface area contributed by atoms with Crippen LogP contribution in [0, 0.1) is 0 Å². The summed E-state index contributed by atoms with van der Waals surface area (Å²) >= 11 is 0. The average molecular weight is 322 g/mol. The van der Waals surface area contributed by atoms with Gasteiger partial charge in [-0.05, 0) is 24.3 Å². The molecular formula is C14H10O6Ti. The Kier molecular flexibility index (Phi) is 10.9. The number of hydrogen-bond donors (Lipinski definition) is 0. The van der Waals surface area contributed by atoms with Gasteiger partial charge in [0.25, 0.3) is 0 Å². The van der Waals surface area contributed by atoms with Crippen molar-refractivity contribution in [3.05, 3.63) is 71.8 Å². The number of carbonyl (C=O) groups excluding carboxylic acids is 2. The van der Waals surface area contributed by atoms with Crippen molar-refractivity contribution in [1.29, 1.82) is 0 Å². The normalized spacial score (nSPS) is 8.19. The fourth-order valence-electron chi connectivity index (χ4n) is 1.32. The van der Waals surface area contributed by atoms with Crippen LogP contribution in [0.15, 0.2) is 60.7 Å². The first kappa shape index (κ1) is 21.3. The fourth-order valence-corrected chi connectivity index (χ4v) is 1.32. The molecule has 0 unspecified atom stereocenters. The number of hydrogen-bond acceptors (Lipinski definition) is 4. The van der Waals surface area contributed by atoms with Crippen LogP contribution < -0.4 is 0 Å². The van der Waals surface area contributed by atoms with E-state index in [0.717, 1.165) is 0 Å². The molecule has 0 saturated heterocycles. The molecule has 7 heteroatoms. The van der Waals surface area contributed by atoms with Crippen LogP contribution in [0.4, 0.5) is 0 Å². The van der Waals surface area contributed by atoms with Gasteiger partial charge in [-0.1, -0.05) is 36.4 Å². The van der Waals surface area contributed by atoms with Gasteiger partial charge in [0, 0.05) is 0 Å². The minimum absolute atomic E-state index is 0. The van der Waals surface area contributed by atoms with E-state index in [1.165, 1.54) is 0 Å². The number of rotatable bonds is 2. The summed E-state index contributed by atoms with van der Waals surface area (Å²) in [5.41, 5.74) is 0.636. The minimum Gasteiger partial charge on any atom is -2.00 e. The molecule has 0 aliphatic rings. The Hall–Kier alpha value is -1.99. The van der Waals surface area contributed by atoms with Crippen LogP contribution >= 0.6 is 0 Å². The molecule has 0 radical (unpaired) electrons. The first-order valence-corrected chi connectivity index (χ1v) is 5.30. The zero-order valence-corrected chi connectivity index (χ0v) is 12.3. The zero-order valence-electron chi connectivity index (χ0n) is 10.7. The van der Waals surface area contributed by atoms with Crippen molar-refractivity contribution in [2.45, 2.75) is 0 Å². The van der Waals surface area contributed by atoms with Crippen LogP contribution in [0.2, 0.25) is 0 Å². The molecule has 0 saturated carbocycles. The summed E-state index contributed by atoms with van der Waals surface area (Å²) < 4.78 is 0. The maximum absolute atomic E-state index is 11.5. The van der Waals surface area contributed by atoms with Crippen molar-refractivity contribution < 1.29 is 52.0 Å². The summed E-state index contributed by atoms with van der Waals surface area (Å²) in [5, 5.41) is 0. The van der Waals surface area contributed by atoms with Gasteiger partial charge in [0.15, 0.2) is 0 Å². The van der Waals surface area contributed by atoms with Crippen molar-refractivity contribution in [3.63, 3.8) is 0 Å². The summed E-state index contributed by atoms with van der Waals surface area (Å²) in [6.07, 6.45) is 0. The quantitative estimate of drug-likeness (QED) is 0.480. The standard InChI is InChI=1S/C14H10O4.2O.Ti/c15-13(11-7-3-1-4-8-11)17-18-14(16)12-9-5-2-6-10-12;;;/h1-10H;;;/q;2*-2;+4. The van der Waals surface area contributed by atoms with E-state index < -0.39 is 11.9 Å². The van der Waals surface area contributed by atoms with Gasteiger partial charge < -0.3 is 11.0 Å². The van der Waals surface area contributed by atoms with E-state index in [2.05, 4.69) is 9.78 Å². The molecule has 2 rings (SSSR count). The van der Waals surface area contributed by atoms with Gasteiger partial charge in [0.1, 0.15) is 0 Å². The smallest absolute Gasteiger partial charge is 2.00 e. The molecule has 0 bridgehead atoms. The van der Waals surface area contributed by atoms with E-state index in [1.807, 2.05) is 0 Å². The summed E-state index contributed by atoms with van der Waals surface area (Å²) in [6, 6.07) is 16.6. The first-order valence-electron chi connectivity index (χ1n) is 5.30. The van der Waals surface area contributed by atoms with Gasteiger partial charge >= 0.3 is 33.7 Å². The number of benzene rings is 2. The Morgan fingerprint density at radius 2 is 0.905 bits per heavy atom. The maximum atomic E-state index is 11.5. The molecule has 0 heterocycles. The largest absolute Gasteiger partial charge is 4.00 e. The summed E-state index contributed by atoms with van der Waals surface area (Å²) in [4.78, 5) is 31.9. The fraction of sp³-hybridized carbons (Fsp3) is 0. The molecule has 106 valence electrons. The van der Waals surface area contributed by atoms with E-state index >= 15 is 0 Å². The summed E-state index contributed by atoms with van der Waals surface area (Å²) in [5.74, 6) is -1.42. The molecule has 2 aromatic rings. The molecule has 0 spiro atoms. The van der Waals surface area contributed by atoms with E-state index in [-0.39, 0.29) is 32.7 Å². The molecular weight excluding hydrogens is 312 g/mol. The van der Waals surface area contributed by atoms with Gasteiger partial charge in [-0.2, -0.15) is 0 Å². The average Bonchev–Trinajstić information content (AvgIpc) is 2.46. The first-order chi connectivity index (χ1) is 8.77. The van der Waals surface area contributed by atoms with Crippen molar-refractivity contribution in [2.24, 2.45) is 0 Å². The van der Waals surface area contributed by atoms with Crippen molar-refractivity contribution in [1.82, 2.24) is 0 Å². The van der Waals surface area contributed by atoms with Gasteiger partial charge in [-0.15, -0.1) is 0 Å². The molecule has 6 nitrogen and oxygen atoms in total. The second-order valence-electron chi connectivity index (χ2n) is 3.47. The van der Waals surface area contributed by atoms with Crippen LogP contribution in [0.5, 0.6) is 0 Å². The van der Waals surface area contributed by atoms with Crippen LogP contribution in [0.25, 0.3) is 0 Å². The van der Waals surface area contributed by atoms with E-state index in [9.17, 15) is 9.59 Å². The molecule has 0 aromatic heterocycles. The van der Waals surface area contributed by atoms with Crippen LogP contribution in [-0.2, 0) is 42.4 Å². The predicted octanol–water partition coefficient (Wildman–Crippen LogP) is 2.38. The van der Waals surface area contributed by atoms with Gasteiger partial charge in [-0.25, -0.2) is 19.4 Å².